The van der Waals surface area contributed by atoms with Gasteiger partial charge in [0.05, 0.1) is 18.6 Å². The van der Waals surface area contributed by atoms with Crippen LogP contribution in [-0.4, -0.2) is 17.1 Å². The molecule has 0 aliphatic rings. The van der Waals surface area contributed by atoms with Gasteiger partial charge in [0.15, 0.2) is 0 Å². The highest BCUT2D eigenvalue weighted by atomic mass is 16.3. The molecule has 2 heterocycles. The Morgan fingerprint density at radius 2 is 2.24 bits per heavy atom. The molecule has 0 fully saturated rings. The number of aliphatic hydroxyl groups is 1. The summed E-state index contributed by atoms with van der Waals surface area (Å²) in [7, 11) is 1.97. The monoisotopic (exact) mass is 232 g/mol. The van der Waals surface area contributed by atoms with E-state index in [1.54, 1.807) is 25.6 Å². The van der Waals surface area contributed by atoms with Gasteiger partial charge in [-0.15, -0.1) is 0 Å². The Morgan fingerprint density at radius 1 is 1.41 bits per heavy atom. The van der Waals surface area contributed by atoms with E-state index in [1.165, 1.54) is 0 Å². The molecule has 0 unspecified atom stereocenters. The Kier molecular flexibility index (Phi) is 3.44. The van der Waals surface area contributed by atoms with E-state index in [4.69, 9.17) is 4.42 Å². The van der Waals surface area contributed by atoms with Crippen molar-refractivity contribution in [2.45, 2.75) is 19.6 Å². The van der Waals surface area contributed by atoms with Crippen molar-refractivity contribution in [2.75, 3.05) is 11.9 Å². The van der Waals surface area contributed by atoms with Crippen molar-refractivity contribution < 1.29 is 9.52 Å². The first-order valence-corrected chi connectivity index (χ1v) is 5.53. The molecule has 90 valence electrons. The minimum atomic E-state index is -0.476. The standard InChI is InChI=1S/C13H16N2O2/c1-10(16)12-3-4-13(14-7-12)15(2)8-11-5-6-17-9-11/h3-7,9-10,16H,8H2,1-2H3/t10-/m1/s1. The molecule has 2 rings (SSSR count). The number of pyridine rings is 1. The van der Waals surface area contributed by atoms with Crippen LogP contribution in [-0.2, 0) is 6.54 Å². The fourth-order valence-corrected chi connectivity index (χ4v) is 1.61. The maximum Gasteiger partial charge on any atom is 0.128 e. The number of furan rings is 1. The number of rotatable bonds is 4. The van der Waals surface area contributed by atoms with E-state index in [0.29, 0.717) is 0 Å². The Balaban J connectivity index is 2.06. The first-order chi connectivity index (χ1) is 8.16. The van der Waals surface area contributed by atoms with Crippen LogP contribution >= 0.6 is 0 Å². The number of anilines is 1. The number of aliphatic hydroxyl groups excluding tert-OH is 1. The van der Waals surface area contributed by atoms with Crippen LogP contribution in [0.4, 0.5) is 5.82 Å². The van der Waals surface area contributed by atoms with Crippen LogP contribution in [0, 0.1) is 0 Å². The van der Waals surface area contributed by atoms with E-state index in [9.17, 15) is 5.11 Å². The van der Waals surface area contributed by atoms with Crippen LogP contribution in [0.25, 0.3) is 0 Å². The fraction of sp³-hybridized carbons (Fsp3) is 0.308. The lowest BCUT2D eigenvalue weighted by molar-refractivity contribution is 0.199. The Hall–Kier alpha value is -1.81. The molecular weight excluding hydrogens is 216 g/mol. The minimum Gasteiger partial charge on any atom is -0.472 e. The van der Waals surface area contributed by atoms with Crippen LogP contribution in [0.3, 0.4) is 0 Å². The highest BCUT2D eigenvalue weighted by Crippen LogP contribution is 2.16. The lowest BCUT2D eigenvalue weighted by atomic mass is 10.2. The molecular formula is C13H16N2O2. The fourth-order valence-electron chi connectivity index (χ4n) is 1.61. The zero-order chi connectivity index (χ0) is 12.3. The van der Waals surface area contributed by atoms with E-state index in [-0.39, 0.29) is 0 Å². The molecule has 0 aliphatic heterocycles. The van der Waals surface area contributed by atoms with E-state index >= 15 is 0 Å². The summed E-state index contributed by atoms with van der Waals surface area (Å²) >= 11 is 0. The minimum absolute atomic E-state index is 0.476. The predicted octanol–water partition coefficient (Wildman–Crippen LogP) is 2.36. The first kappa shape index (κ1) is 11.7. The lowest BCUT2D eigenvalue weighted by Gasteiger charge is -2.17. The van der Waals surface area contributed by atoms with Crippen molar-refractivity contribution in [3.63, 3.8) is 0 Å². The predicted molar refractivity (Wildman–Crippen MR) is 65.7 cm³/mol. The van der Waals surface area contributed by atoms with Gasteiger partial charge in [-0.1, -0.05) is 6.07 Å². The molecule has 4 nitrogen and oxygen atoms in total. The third-order valence-electron chi connectivity index (χ3n) is 2.64. The molecule has 0 radical (unpaired) electrons. The van der Waals surface area contributed by atoms with E-state index in [1.807, 2.05) is 30.1 Å². The van der Waals surface area contributed by atoms with Crippen LogP contribution in [0.2, 0.25) is 0 Å². The summed E-state index contributed by atoms with van der Waals surface area (Å²) in [4.78, 5) is 6.34. The summed E-state index contributed by atoms with van der Waals surface area (Å²) in [6.07, 6.45) is 4.61. The van der Waals surface area contributed by atoms with E-state index in [2.05, 4.69) is 4.98 Å². The van der Waals surface area contributed by atoms with Gasteiger partial charge in [0.25, 0.3) is 0 Å². The van der Waals surface area contributed by atoms with Gasteiger partial charge in [-0.2, -0.15) is 0 Å². The molecule has 1 N–H and O–H groups in total. The molecule has 2 aromatic rings. The number of hydrogen-bond acceptors (Lipinski definition) is 4. The van der Waals surface area contributed by atoms with Crippen molar-refractivity contribution in [2.24, 2.45) is 0 Å². The SMILES string of the molecule is C[C@@H](O)c1ccc(N(C)Cc2ccoc2)nc1. The van der Waals surface area contributed by atoms with Gasteiger partial charge < -0.3 is 14.4 Å². The van der Waals surface area contributed by atoms with Gasteiger partial charge in [0.2, 0.25) is 0 Å². The van der Waals surface area contributed by atoms with Crippen molar-refractivity contribution in [3.05, 3.63) is 48.0 Å². The van der Waals surface area contributed by atoms with E-state index < -0.39 is 6.10 Å². The highest BCUT2D eigenvalue weighted by Gasteiger charge is 2.06. The Bertz CT molecular complexity index is 449. The molecule has 0 saturated carbocycles. The van der Waals surface area contributed by atoms with Crippen molar-refractivity contribution in [1.29, 1.82) is 0 Å². The molecule has 1 atom stereocenters. The van der Waals surface area contributed by atoms with Gasteiger partial charge in [-0.3, -0.25) is 0 Å². The summed E-state index contributed by atoms with van der Waals surface area (Å²) in [5.74, 6) is 0.871. The third kappa shape index (κ3) is 2.85. The molecule has 0 aromatic carbocycles. The van der Waals surface area contributed by atoms with Crippen LogP contribution in [0.1, 0.15) is 24.2 Å². The van der Waals surface area contributed by atoms with Crippen LogP contribution in [0.15, 0.2) is 41.3 Å². The first-order valence-electron chi connectivity index (χ1n) is 5.53. The Morgan fingerprint density at radius 3 is 2.76 bits per heavy atom. The molecule has 17 heavy (non-hydrogen) atoms. The maximum absolute atomic E-state index is 9.39. The summed E-state index contributed by atoms with van der Waals surface area (Å²) in [5, 5.41) is 9.39. The average Bonchev–Trinajstić information content (AvgIpc) is 2.82. The molecule has 0 amide bonds. The molecule has 0 aliphatic carbocycles. The second kappa shape index (κ2) is 5.01. The highest BCUT2D eigenvalue weighted by molar-refractivity contribution is 5.39. The summed E-state index contributed by atoms with van der Waals surface area (Å²) in [6, 6.07) is 5.72. The number of hydrogen-bond donors (Lipinski definition) is 1. The zero-order valence-electron chi connectivity index (χ0n) is 10.00. The van der Waals surface area contributed by atoms with Gasteiger partial charge in [-0.25, -0.2) is 4.98 Å². The second-order valence-electron chi connectivity index (χ2n) is 4.11. The number of nitrogens with zero attached hydrogens (tertiary/aromatic N) is 2. The topological polar surface area (TPSA) is 49.5 Å². The second-order valence-corrected chi connectivity index (χ2v) is 4.11. The zero-order valence-corrected chi connectivity index (χ0v) is 10.00. The van der Waals surface area contributed by atoms with Gasteiger partial charge in [0, 0.05) is 25.4 Å². The molecule has 4 heteroatoms. The molecule has 0 spiro atoms. The van der Waals surface area contributed by atoms with Crippen molar-refractivity contribution >= 4 is 5.82 Å². The average molecular weight is 232 g/mol. The van der Waals surface area contributed by atoms with Crippen molar-refractivity contribution in [3.8, 4) is 0 Å². The molecule has 0 bridgehead atoms. The summed E-state index contributed by atoms with van der Waals surface area (Å²) in [6.45, 7) is 2.48. The van der Waals surface area contributed by atoms with E-state index in [0.717, 1.165) is 23.5 Å². The quantitative estimate of drug-likeness (QED) is 0.879. The smallest absolute Gasteiger partial charge is 0.128 e. The van der Waals surface area contributed by atoms with Gasteiger partial charge in [0.1, 0.15) is 5.82 Å². The van der Waals surface area contributed by atoms with Gasteiger partial charge in [-0.05, 0) is 24.6 Å². The summed E-state index contributed by atoms with van der Waals surface area (Å²) in [5.41, 5.74) is 1.93. The molecule has 2 aromatic heterocycles. The Labute approximate surface area is 101 Å². The lowest BCUT2D eigenvalue weighted by Crippen LogP contribution is -2.17. The van der Waals surface area contributed by atoms with Gasteiger partial charge >= 0.3 is 0 Å². The van der Waals surface area contributed by atoms with Crippen LogP contribution < -0.4 is 4.90 Å². The largest absolute Gasteiger partial charge is 0.472 e. The van der Waals surface area contributed by atoms with Crippen molar-refractivity contribution in [1.82, 2.24) is 4.98 Å². The summed E-state index contributed by atoms with van der Waals surface area (Å²) < 4.78 is 5.02. The normalized spacial score (nSPS) is 12.4. The number of aromatic nitrogens is 1. The molecule has 0 saturated heterocycles. The maximum atomic E-state index is 9.39. The van der Waals surface area contributed by atoms with Crippen LogP contribution in [0.5, 0.6) is 0 Å². The third-order valence-corrected chi connectivity index (χ3v) is 2.64.